The summed E-state index contributed by atoms with van der Waals surface area (Å²) < 4.78 is 40.2. The number of carbonyl (C=O) groups excluding carboxylic acids is 2. The van der Waals surface area contributed by atoms with Gasteiger partial charge in [-0.1, -0.05) is 13.8 Å². The molecular weight excluding hydrogens is 444 g/mol. The van der Waals surface area contributed by atoms with E-state index in [2.05, 4.69) is 5.32 Å². The van der Waals surface area contributed by atoms with E-state index in [0.29, 0.717) is 25.7 Å². The smallest absolute Gasteiger partial charge is 0.244 e. The van der Waals surface area contributed by atoms with Crippen molar-refractivity contribution in [2.45, 2.75) is 38.8 Å². The number of carbonyl (C=O) groups is 2. The summed E-state index contributed by atoms with van der Waals surface area (Å²) in [6.07, 6.45) is -0.240. The molecule has 0 spiro atoms. The molecule has 1 heterocycles. The maximum atomic E-state index is 13.8. The minimum atomic E-state index is -1.27. The van der Waals surface area contributed by atoms with E-state index in [4.69, 9.17) is 5.73 Å². The molecule has 0 radical (unpaired) electrons. The van der Waals surface area contributed by atoms with E-state index in [-0.39, 0.29) is 55.0 Å². The third kappa shape index (κ3) is 7.30. The second kappa shape index (κ2) is 13.0. The second-order valence-corrected chi connectivity index (χ2v) is 6.91. The lowest BCUT2D eigenvalue weighted by Crippen LogP contribution is -2.61. The van der Waals surface area contributed by atoms with Crippen molar-refractivity contribution in [3.8, 4) is 0 Å². The lowest BCUT2D eigenvalue weighted by molar-refractivity contribution is -0.144. The molecule has 1 aromatic carbocycles. The Morgan fingerprint density at radius 3 is 2.40 bits per heavy atom. The summed E-state index contributed by atoms with van der Waals surface area (Å²) in [7, 11) is 0. The predicted octanol–water partition coefficient (Wildman–Crippen LogP) is 1.88. The van der Waals surface area contributed by atoms with Crippen molar-refractivity contribution in [3.05, 3.63) is 35.1 Å². The fraction of sp³-hybridized carbons (Fsp3) is 0.579. The van der Waals surface area contributed by atoms with Gasteiger partial charge >= 0.3 is 0 Å². The fourth-order valence-electron chi connectivity index (χ4n) is 3.34. The molecule has 1 aliphatic heterocycles. The number of piperazine rings is 1. The summed E-state index contributed by atoms with van der Waals surface area (Å²) in [6, 6.07) is -0.180. The Hall–Kier alpha value is -1.55. The van der Waals surface area contributed by atoms with Crippen LogP contribution in [0.25, 0.3) is 0 Å². The number of nitrogens with one attached hydrogen (secondary N) is 1. The maximum Gasteiger partial charge on any atom is 0.244 e. The molecule has 2 unspecified atom stereocenters. The summed E-state index contributed by atoms with van der Waals surface area (Å²) in [5.74, 6) is -3.88. The number of hydrogen-bond acceptors (Lipinski definition) is 4. The van der Waals surface area contributed by atoms with Crippen molar-refractivity contribution >= 4 is 36.6 Å². The maximum absolute atomic E-state index is 13.8. The van der Waals surface area contributed by atoms with Crippen molar-refractivity contribution in [3.63, 3.8) is 0 Å². The Bertz CT molecular complexity index is 723. The minimum absolute atomic E-state index is 0. The van der Waals surface area contributed by atoms with E-state index in [0.717, 1.165) is 19.2 Å². The van der Waals surface area contributed by atoms with Gasteiger partial charge in [0.2, 0.25) is 11.8 Å². The highest BCUT2D eigenvalue weighted by molar-refractivity contribution is 5.89. The first-order valence-corrected chi connectivity index (χ1v) is 9.45. The Balaban J connectivity index is 0.00000420. The van der Waals surface area contributed by atoms with Gasteiger partial charge in [0.1, 0.15) is 11.9 Å². The quantitative estimate of drug-likeness (QED) is 0.566. The van der Waals surface area contributed by atoms with Crippen LogP contribution >= 0.6 is 24.8 Å². The summed E-state index contributed by atoms with van der Waals surface area (Å²) in [6.45, 7) is 6.58. The van der Waals surface area contributed by atoms with Gasteiger partial charge in [-0.15, -0.1) is 24.8 Å². The van der Waals surface area contributed by atoms with Crippen LogP contribution in [0.5, 0.6) is 0 Å². The highest BCUT2D eigenvalue weighted by Gasteiger charge is 2.34. The van der Waals surface area contributed by atoms with E-state index in [9.17, 15) is 22.8 Å². The van der Waals surface area contributed by atoms with Crippen LogP contribution in [0, 0.1) is 17.5 Å². The molecule has 2 amide bonds. The van der Waals surface area contributed by atoms with Crippen molar-refractivity contribution < 1.29 is 22.8 Å². The van der Waals surface area contributed by atoms with Crippen LogP contribution in [0.3, 0.4) is 0 Å². The zero-order valence-corrected chi connectivity index (χ0v) is 18.6. The van der Waals surface area contributed by atoms with Gasteiger partial charge in [0.25, 0.3) is 0 Å². The number of rotatable bonds is 8. The van der Waals surface area contributed by atoms with Crippen molar-refractivity contribution in [2.75, 3.05) is 32.7 Å². The number of amides is 2. The van der Waals surface area contributed by atoms with Crippen LogP contribution in [0.15, 0.2) is 12.1 Å². The average molecular weight is 473 g/mol. The van der Waals surface area contributed by atoms with E-state index in [1.807, 2.05) is 18.7 Å². The van der Waals surface area contributed by atoms with Crippen LogP contribution in [0.4, 0.5) is 13.2 Å². The van der Waals surface area contributed by atoms with E-state index in [1.165, 1.54) is 4.90 Å². The Morgan fingerprint density at radius 2 is 1.80 bits per heavy atom. The third-order valence-electron chi connectivity index (χ3n) is 4.98. The van der Waals surface area contributed by atoms with Gasteiger partial charge in [-0.05, 0) is 31.1 Å². The van der Waals surface area contributed by atoms with Crippen molar-refractivity contribution in [1.29, 1.82) is 0 Å². The van der Waals surface area contributed by atoms with Gasteiger partial charge in [0, 0.05) is 38.2 Å². The molecule has 0 saturated carbocycles. The topological polar surface area (TPSA) is 78.7 Å². The Morgan fingerprint density at radius 1 is 1.20 bits per heavy atom. The van der Waals surface area contributed by atoms with Gasteiger partial charge < -0.3 is 20.9 Å². The molecule has 30 heavy (non-hydrogen) atoms. The Kier molecular flexibility index (Phi) is 12.3. The lowest BCUT2D eigenvalue weighted by atomic mass is 10.0. The molecule has 2 atom stereocenters. The molecule has 0 aliphatic carbocycles. The number of halogens is 5. The van der Waals surface area contributed by atoms with Crippen LogP contribution < -0.4 is 11.1 Å². The normalized spacial score (nSPS) is 17.1. The molecule has 6 nitrogen and oxygen atoms in total. The monoisotopic (exact) mass is 472 g/mol. The number of benzene rings is 1. The number of nitrogens with zero attached hydrogens (tertiary/aromatic N) is 2. The molecule has 2 rings (SSSR count). The molecule has 1 fully saturated rings. The highest BCUT2D eigenvalue weighted by Crippen LogP contribution is 2.17. The molecule has 172 valence electrons. The standard InChI is InChI=1S/C19H27F3N4O2.2ClH/c1-3-25(4-2)11-17-19(28)24-5-6-26(17)18(27)9-13(23)7-12-8-15(21)16(22)10-14(12)20;;/h8,10,13,17H,3-7,9,11,23H2,1-2H3,(H,24,28);2*1H. The van der Waals surface area contributed by atoms with Gasteiger partial charge in [-0.2, -0.15) is 0 Å². The molecule has 3 N–H and O–H groups in total. The SMILES string of the molecule is CCN(CC)CC1C(=O)NCCN1C(=O)CC(N)Cc1cc(F)c(F)cc1F.Cl.Cl. The lowest BCUT2D eigenvalue weighted by Gasteiger charge is -2.38. The molecule has 1 aliphatic rings. The second-order valence-electron chi connectivity index (χ2n) is 6.91. The van der Waals surface area contributed by atoms with Gasteiger partial charge in [0.15, 0.2) is 11.6 Å². The number of likely N-dealkylation sites (N-methyl/N-ethyl adjacent to an activating group) is 1. The van der Waals surface area contributed by atoms with Gasteiger partial charge in [0.05, 0.1) is 0 Å². The molecule has 11 heteroatoms. The summed E-state index contributed by atoms with van der Waals surface area (Å²) in [5, 5.41) is 2.77. The minimum Gasteiger partial charge on any atom is -0.352 e. The van der Waals surface area contributed by atoms with E-state index < -0.39 is 29.5 Å². The molecule has 0 aromatic heterocycles. The first kappa shape index (κ1) is 28.5. The van der Waals surface area contributed by atoms with Crippen LogP contribution in [-0.2, 0) is 16.0 Å². The third-order valence-corrected chi connectivity index (χ3v) is 4.98. The predicted molar refractivity (Wildman–Crippen MR) is 113 cm³/mol. The zero-order chi connectivity index (χ0) is 20.8. The largest absolute Gasteiger partial charge is 0.352 e. The first-order chi connectivity index (χ1) is 13.3. The van der Waals surface area contributed by atoms with Gasteiger partial charge in [-0.25, -0.2) is 13.2 Å². The number of hydrogen-bond donors (Lipinski definition) is 2. The van der Waals surface area contributed by atoms with E-state index in [1.54, 1.807) is 0 Å². The van der Waals surface area contributed by atoms with E-state index >= 15 is 0 Å². The summed E-state index contributed by atoms with van der Waals surface area (Å²) in [5.41, 5.74) is 5.87. The van der Waals surface area contributed by atoms with Gasteiger partial charge in [-0.3, -0.25) is 9.59 Å². The van der Waals surface area contributed by atoms with Crippen LogP contribution in [0.2, 0.25) is 0 Å². The van der Waals surface area contributed by atoms with Crippen LogP contribution in [0.1, 0.15) is 25.8 Å². The first-order valence-electron chi connectivity index (χ1n) is 9.45. The Labute approximate surface area is 187 Å². The fourth-order valence-corrected chi connectivity index (χ4v) is 3.34. The number of nitrogens with two attached hydrogens (primary N) is 1. The van der Waals surface area contributed by atoms with Crippen LogP contribution in [-0.4, -0.2) is 66.4 Å². The molecule has 1 aromatic rings. The molecule has 0 bridgehead atoms. The molecule has 1 saturated heterocycles. The van der Waals surface area contributed by atoms with Crippen molar-refractivity contribution in [2.24, 2.45) is 5.73 Å². The molecular formula is C19H29Cl2F3N4O2. The average Bonchev–Trinajstić information content (AvgIpc) is 2.64. The highest BCUT2D eigenvalue weighted by atomic mass is 35.5. The summed E-state index contributed by atoms with van der Waals surface area (Å²) in [4.78, 5) is 28.6. The summed E-state index contributed by atoms with van der Waals surface area (Å²) >= 11 is 0. The van der Waals surface area contributed by atoms with Crippen molar-refractivity contribution in [1.82, 2.24) is 15.1 Å². The zero-order valence-electron chi connectivity index (χ0n) is 17.0.